The topological polar surface area (TPSA) is 71.5 Å². The number of ketones is 1. The highest BCUT2D eigenvalue weighted by molar-refractivity contribution is 7.98. The van der Waals surface area contributed by atoms with Crippen molar-refractivity contribution >= 4 is 27.4 Å². The van der Waals surface area contributed by atoms with Crippen molar-refractivity contribution in [3.63, 3.8) is 0 Å². The molecule has 18 heavy (non-hydrogen) atoms. The molecule has 1 fully saturated rings. The normalized spacial score (nSPS) is 20.4. The lowest BCUT2D eigenvalue weighted by Gasteiger charge is -2.43. The number of amides is 1. The summed E-state index contributed by atoms with van der Waals surface area (Å²) in [4.78, 5) is 23.4. The number of nitrogens with zero attached hydrogens (tertiary/aromatic N) is 1. The zero-order valence-electron chi connectivity index (χ0n) is 10.3. The minimum atomic E-state index is -3.73. The van der Waals surface area contributed by atoms with E-state index in [2.05, 4.69) is 0 Å². The molecule has 0 unspecified atom stereocenters. The number of rotatable bonds is 2. The second-order valence-corrected chi connectivity index (χ2v) is 6.99. The van der Waals surface area contributed by atoms with Crippen molar-refractivity contribution in [3.8, 4) is 0 Å². The summed E-state index contributed by atoms with van der Waals surface area (Å²) in [5, 5.41) is 0. The van der Waals surface area contributed by atoms with E-state index in [1.165, 1.54) is 32.9 Å². The fraction of sp³-hybridized carbons (Fsp3) is 0.333. The summed E-state index contributed by atoms with van der Waals surface area (Å²) in [5.41, 5.74) is 0.360. The summed E-state index contributed by atoms with van der Waals surface area (Å²) in [6, 6.07) is 6.19. The number of sulfonamides is 1. The van der Waals surface area contributed by atoms with E-state index in [0.717, 1.165) is 0 Å². The van der Waals surface area contributed by atoms with Crippen LogP contribution in [-0.2, 0) is 14.8 Å². The van der Waals surface area contributed by atoms with Crippen molar-refractivity contribution in [2.75, 3.05) is 4.31 Å². The highest BCUT2D eigenvalue weighted by Gasteiger charge is 2.61. The van der Waals surface area contributed by atoms with Crippen molar-refractivity contribution in [2.45, 2.75) is 25.5 Å². The summed E-state index contributed by atoms with van der Waals surface area (Å²) in [7, 11) is -3.73. The lowest BCUT2D eigenvalue weighted by atomic mass is 10.1. The van der Waals surface area contributed by atoms with Crippen molar-refractivity contribution in [1.29, 1.82) is 0 Å². The quantitative estimate of drug-likeness (QED) is 0.758. The third-order valence-corrected chi connectivity index (χ3v) is 5.39. The molecule has 0 bridgehead atoms. The second kappa shape index (κ2) is 3.65. The molecule has 2 rings (SSSR count). The third-order valence-electron chi connectivity index (χ3n) is 3.09. The van der Waals surface area contributed by atoms with Crippen LogP contribution in [0.15, 0.2) is 24.3 Å². The molecule has 0 aromatic heterocycles. The van der Waals surface area contributed by atoms with E-state index in [-0.39, 0.29) is 17.0 Å². The maximum atomic E-state index is 12.1. The smallest absolute Gasteiger partial charge is 0.263 e. The molecule has 1 amide bonds. The Labute approximate surface area is 105 Å². The predicted octanol–water partition coefficient (Wildman–Crippen LogP) is 1.34. The number of para-hydroxylation sites is 1. The minimum Gasteiger partial charge on any atom is -0.294 e. The van der Waals surface area contributed by atoms with Crippen LogP contribution >= 0.6 is 0 Å². The Kier molecular flexibility index (Phi) is 2.59. The number of carbonyl (C=O) groups excluding carboxylic acids is 2. The van der Waals surface area contributed by atoms with Gasteiger partial charge in [0.1, 0.15) is 0 Å². The van der Waals surface area contributed by atoms with Crippen LogP contribution in [0.1, 0.15) is 31.1 Å². The van der Waals surface area contributed by atoms with Crippen LogP contribution in [-0.4, -0.2) is 24.9 Å². The van der Waals surface area contributed by atoms with Gasteiger partial charge in [0.15, 0.2) is 10.5 Å². The number of Topliss-reactive ketones (excluding diaryl/α,β-unsaturated/α-hetero) is 1. The molecule has 1 aliphatic rings. The van der Waals surface area contributed by atoms with Gasteiger partial charge in [0, 0.05) is 5.56 Å². The Bertz CT molecular complexity index is 646. The van der Waals surface area contributed by atoms with Crippen molar-refractivity contribution in [1.82, 2.24) is 0 Å². The first-order chi connectivity index (χ1) is 8.21. The molecule has 1 heterocycles. The Morgan fingerprint density at radius 3 is 2.28 bits per heavy atom. The van der Waals surface area contributed by atoms with Crippen LogP contribution in [0.2, 0.25) is 0 Å². The molecule has 6 heteroatoms. The molecular weight excluding hydrogens is 254 g/mol. The van der Waals surface area contributed by atoms with Gasteiger partial charge in [0.2, 0.25) is 0 Å². The molecular formula is C12H13NO4S. The fourth-order valence-corrected chi connectivity index (χ4v) is 3.34. The van der Waals surface area contributed by atoms with Gasteiger partial charge in [-0.05, 0) is 32.9 Å². The van der Waals surface area contributed by atoms with Crippen LogP contribution in [0.25, 0.3) is 0 Å². The van der Waals surface area contributed by atoms with Gasteiger partial charge in [-0.3, -0.25) is 9.59 Å². The number of hydrogen-bond acceptors (Lipinski definition) is 4. The maximum Gasteiger partial charge on any atom is 0.263 e. The molecule has 0 N–H and O–H groups in total. The van der Waals surface area contributed by atoms with Crippen molar-refractivity contribution in [2.24, 2.45) is 0 Å². The molecule has 0 aliphatic carbocycles. The first kappa shape index (κ1) is 12.8. The van der Waals surface area contributed by atoms with E-state index >= 15 is 0 Å². The van der Waals surface area contributed by atoms with Crippen molar-refractivity contribution < 1.29 is 18.0 Å². The Morgan fingerprint density at radius 2 is 1.78 bits per heavy atom. The number of hydrogen-bond donors (Lipinski definition) is 0. The molecule has 0 spiro atoms. The van der Waals surface area contributed by atoms with Gasteiger partial charge < -0.3 is 0 Å². The summed E-state index contributed by atoms with van der Waals surface area (Å²) in [5.74, 6) is -0.797. The summed E-state index contributed by atoms with van der Waals surface area (Å²) >= 11 is 0. The standard InChI is InChI=1S/C12H13NO4S/c1-8(14)9-6-4-5-7-10(9)13-11(15)12(2,3)18(13,16)17/h4-7H,1-3H3. The molecule has 1 saturated heterocycles. The summed E-state index contributed by atoms with van der Waals surface area (Å²) in [6.45, 7) is 4.05. The molecule has 96 valence electrons. The Balaban J connectivity index is 2.60. The Hall–Kier alpha value is -1.69. The number of benzene rings is 1. The summed E-state index contributed by atoms with van der Waals surface area (Å²) in [6.07, 6.45) is 0. The predicted molar refractivity (Wildman–Crippen MR) is 66.9 cm³/mol. The van der Waals surface area contributed by atoms with Gasteiger partial charge in [0.25, 0.3) is 15.9 Å². The van der Waals surface area contributed by atoms with E-state index in [1.54, 1.807) is 12.1 Å². The monoisotopic (exact) mass is 267 g/mol. The lowest BCUT2D eigenvalue weighted by molar-refractivity contribution is -0.120. The van der Waals surface area contributed by atoms with Gasteiger partial charge in [-0.2, -0.15) is 0 Å². The SMILES string of the molecule is CC(=O)c1ccccc1N1C(=O)C(C)(C)S1(=O)=O. The number of carbonyl (C=O) groups is 2. The molecule has 1 aliphatic heterocycles. The largest absolute Gasteiger partial charge is 0.294 e. The zero-order chi connectivity index (χ0) is 13.7. The highest BCUT2D eigenvalue weighted by Crippen LogP contribution is 2.40. The van der Waals surface area contributed by atoms with E-state index < -0.39 is 20.7 Å². The Morgan fingerprint density at radius 1 is 1.22 bits per heavy atom. The van der Waals surface area contributed by atoms with E-state index in [9.17, 15) is 18.0 Å². The average molecular weight is 267 g/mol. The highest BCUT2D eigenvalue weighted by atomic mass is 32.2. The van der Waals surface area contributed by atoms with Crippen molar-refractivity contribution in [3.05, 3.63) is 29.8 Å². The maximum absolute atomic E-state index is 12.1. The first-order valence-corrected chi connectivity index (χ1v) is 6.84. The first-order valence-electron chi connectivity index (χ1n) is 5.40. The van der Waals surface area contributed by atoms with Gasteiger partial charge in [0.05, 0.1) is 5.69 Å². The van der Waals surface area contributed by atoms with Crippen LogP contribution < -0.4 is 4.31 Å². The fourth-order valence-electron chi connectivity index (χ4n) is 1.84. The van der Waals surface area contributed by atoms with E-state index in [0.29, 0.717) is 4.31 Å². The van der Waals surface area contributed by atoms with Crippen LogP contribution in [0.4, 0.5) is 5.69 Å². The lowest BCUT2D eigenvalue weighted by Crippen LogP contribution is -2.67. The van der Waals surface area contributed by atoms with E-state index in [1.807, 2.05) is 0 Å². The molecule has 1 aromatic rings. The molecule has 0 radical (unpaired) electrons. The van der Waals surface area contributed by atoms with Crippen LogP contribution in [0.5, 0.6) is 0 Å². The van der Waals surface area contributed by atoms with Gasteiger partial charge in [-0.25, -0.2) is 12.7 Å². The molecule has 0 saturated carbocycles. The summed E-state index contributed by atoms with van der Waals surface area (Å²) < 4.78 is 23.4. The molecule has 5 nitrogen and oxygen atoms in total. The zero-order valence-corrected chi connectivity index (χ0v) is 11.1. The third kappa shape index (κ3) is 1.42. The molecule has 1 aromatic carbocycles. The second-order valence-electron chi connectivity index (χ2n) is 4.66. The minimum absolute atomic E-state index is 0.134. The average Bonchev–Trinajstić information content (AvgIpc) is 2.29. The van der Waals surface area contributed by atoms with Crippen LogP contribution in [0, 0.1) is 0 Å². The van der Waals surface area contributed by atoms with E-state index in [4.69, 9.17) is 0 Å². The van der Waals surface area contributed by atoms with Gasteiger partial charge in [-0.15, -0.1) is 0 Å². The molecule has 0 atom stereocenters. The van der Waals surface area contributed by atoms with Crippen LogP contribution in [0.3, 0.4) is 0 Å². The number of anilines is 1. The van der Waals surface area contributed by atoms with Gasteiger partial charge in [-0.1, -0.05) is 12.1 Å². The van der Waals surface area contributed by atoms with Gasteiger partial charge >= 0.3 is 0 Å².